The van der Waals surface area contributed by atoms with Crippen molar-refractivity contribution in [1.29, 1.82) is 0 Å². The summed E-state index contributed by atoms with van der Waals surface area (Å²) >= 11 is 0. The number of hydrogen-bond donors (Lipinski definition) is 0. The second-order valence-electron chi connectivity index (χ2n) is 5.17. The van der Waals surface area contributed by atoms with Gasteiger partial charge in [0.15, 0.2) is 0 Å². The lowest BCUT2D eigenvalue weighted by Gasteiger charge is -2.33. The number of carbonyl (C=O) groups excluding carboxylic acids is 1. The minimum absolute atomic E-state index is 0.232. The Morgan fingerprint density at radius 2 is 2.11 bits per heavy atom. The van der Waals surface area contributed by atoms with E-state index in [9.17, 15) is 4.79 Å². The standard InChI is InChI=1S/C16H16O3/c1-10-8-9-12(15(17)18-3)16(2)11-6-4-5-7-13(11)19-14(10)16/h4-9,12H,1-3H3. The molecule has 98 valence electrons. The molecule has 0 aromatic heterocycles. The first kappa shape index (κ1) is 12.0. The summed E-state index contributed by atoms with van der Waals surface area (Å²) < 4.78 is 10.9. The molecule has 1 aromatic rings. The van der Waals surface area contributed by atoms with Crippen molar-refractivity contribution in [2.24, 2.45) is 5.92 Å². The van der Waals surface area contributed by atoms with E-state index < -0.39 is 5.41 Å². The van der Waals surface area contributed by atoms with Crippen molar-refractivity contribution in [3.63, 3.8) is 0 Å². The summed E-state index contributed by atoms with van der Waals surface area (Å²) in [7, 11) is 1.42. The number of esters is 1. The summed E-state index contributed by atoms with van der Waals surface area (Å²) in [6.45, 7) is 4.05. The highest BCUT2D eigenvalue weighted by Crippen LogP contribution is 2.53. The zero-order chi connectivity index (χ0) is 13.6. The van der Waals surface area contributed by atoms with Gasteiger partial charge in [0.05, 0.1) is 18.4 Å². The summed E-state index contributed by atoms with van der Waals surface area (Å²) in [4.78, 5) is 12.1. The Balaban J connectivity index is 2.22. The third-order valence-electron chi connectivity index (χ3n) is 4.10. The molecular formula is C16H16O3. The van der Waals surface area contributed by atoms with E-state index in [0.29, 0.717) is 0 Å². The maximum atomic E-state index is 12.1. The van der Waals surface area contributed by atoms with E-state index in [1.807, 2.05) is 50.3 Å². The highest BCUT2D eigenvalue weighted by molar-refractivity contribution is 5.80. The molecule has 0 radical (unpaired) electrons. The van der Waals surface area contributed by atoms with Crippen LogP contribution in [0.2, 0.25) is 0 Å². The Morgan fingerprint density at radius 3 is 2.84 bits per heavy atom. The van der Waals surface area contributed by atoms with Crippen LogP contribution in [0.3, 0.4) is 0 Å². The van der Waals surface area contributed by atoms with Crippen molar-refractivity contribution >= 4 is 5.97 Å². The molecule has 3 nitrogen and oxygen atoms in total. The maximum absolute atomic E-state index is 12.1. The van der Waals surface area contributed by atoms with E-state index in [1.54, 1.807) is 0 Å². The Kier molecular flexibility index (Phi) is 2.52. The Labute approximate surface area is 112 Å². The fourth-order valence-corrected chi connectivity index (χ4v) is 3.07. The lowest BCUT2D eigenvalue weighted by atomic mass is 9.68. The largest absolute Gasteiger partial charge is 0.469 e. The number of methoxy groups -OCH3 is 1. The van der Waals surface area contributed by atoms with E-state index in [4.69, 9.17) is 9.47 Å². The van der Waals surface area contributed by atoms with Crippen LogP contribution in [0, 0.1) is 5.92 Å². The van der Waals surface area contributed by atoms with Crippen molar-refractivity contribution in [3.05, 3.63) is 53.3 Å². The SMILES string of the molecule is COC(=O)C1C=CC(C)=C2Oc3ccccc3C21C. The predicted octanol–water partition coefficient (Wildman–Crippen LogP) is 2.97. The summed E-state index contributed by atoms with van der Waals surface area (Å²) in [6, 6.07) is 7.87. The number of ether oxygens (including phenoxy) is 2. The van der Waals surface area contributed by atoms with Gasteiger partial charge < -0.3 is 9.47 Å². The Hall–Kier alpha value is -2.03. The van der Waals surface area contributed by atoms with Gasteiger partial charge in [-0.25, -0.2) is 0 Å². The van der Waals surface area contributed by atoms with Crippen molar-refractivity contribution in [1.82, 2.24) is 0 Å². The Morgan fingerprint density at radius 1 is 1.37 bits per heavy atom. The third-order valence-corrected chi connectivity index (χ3v) is 4.10. The van der Waals surface area contributed by atoms with Gasteiger partial charge >= 0.3 is 5.97 Å². The molecule has 0 bridgehead atoms. The quantitative estimate of drug-likeness (QED) is 0.725. The van der Waals surface area contributed by atoms with E-state index >= 15 is 0 Å². The molecule has 1 aliphatic carbocycles. The zero-order valence-corrected chi connectivity index (χ0v) is 11.3. The average Bonchev–Trinajstić information content (AvgIpc) is 2.74. The molecular weight excluding hydrogens is 240 g/mol. The maximum Gasteiger partial charge on any atom is 0.313 e. The molecule has 1 aliphatic heterocycles. The van der Waals surface area contributed by atoms with Gasteiger partial charge in [-0.15, -0.1) is 0 Å². The predicted molar refractivity (Wildman–Crippen MR) is 71.8 cm³/mol. The van der Waals surface area contributed by atoms with E-state index in [-0.39, 0.29) is 11.9 Å². The third kappa shape index (κ3) is 1.47. The minimum Gasteiger partial charge on any atom is -0.469 e. The van der Waals surface area contributed by atoms with Gasteiger partial charge in [0.2, 0.25) is 0 Å². The normalized spacial score (nSPS) is 27.6. The molecule has 2 unspecified atom stereocenters. The van der Waals surface area contributed by atoms with Crippen LogP contribution in [0.15, 0.2) is 47.7 Å². The number of hydrogen-bond acceptors (Lipinski definition) is 3. The summed E-state index contributed by atoms with van der Waals surface area (Å²) in [5.41, 5.74) is 1.63. The second kappa shape index (κ2) is 3.98. The van der Waals surface area contributed by atoms with Crippen molar-refractivity contribution in [3.8, 4) is 5.75 Å². The number of fused-ring (bicyclic) bond motifs is 3. The van der Waals surface area contributed by atoms with Crippen LogP contribution in [-0.4, -0.2) is 13.1 Å². The molecule has 19 heavy (non-hydrogen) atoms. The summed E-state index contributed by atoms with van der Waals surface area (Å²) in [6.07, 6.45) is 3.85. The number of benzene rings is 1. The lowest BCUT2D eigenvalue weighted by molar-refractivity contribution is -0.145. The molecule has 2 atom stereocenters. The molecule has 1 heterocycles. The topological polar surface area (TPSA) is 35.5 Å². The average molecular weight is 256 g/mol. The molecule has 0 amide bonds. The molecule has 0 saturated carbocycles. The first-order chi connectivity index (χ1) is 9.09. The van der Waals surface area contributed by atoms with Crippen molar-refractivity contribution < 1.29 is 14.3 Å². The van der Waals surface area contributed by atoms with Crippen molar-refractivity contribution in [2.45, 2.75) is 19.3 Å². The van der Waals surface area contributed by atoms with Gasteiger partial charge in [-0.2, -0.15) is 0 Å². The van der Waals surface area contributed by atoms with Gasteiger partial charge in [0.25, 0.3) is 0 Å². The molecule has 0 fully saturated rings. The first-order valence-electron chi connectivity index (χ1n) is 6.33. The number of rotatable bonds is 1. The van der Waals surface area contributed by atoms with Crippen molar-refractivity contribution in [2.75, 3.05) is 7.11 Å². The number of para-hydroxylation sites is 1. The van der Waals surface area contributed by atoms with E-state index in [1.165, 1.54) is 7.11 Å². The monoisotopic (exact) mass is 256 g/mol. The summed E-state index contributed by atoms with van der Waals surface area (Å²) in [5, 5.41) is 0. The van der Waals surface area contributed by atoms with Gasteiger partial charge in [0, 0.05) is 5.56 Å². The highest BCUT2D eigenvalue weighted by atomic mass is 16.5. The van der Waals surface area contributed by atoms with Crippen LogP contribution in [0.5, 0.6) is 5.75 Å². The second-order valence-corrected chi connectivity index (χ2v) is 5.17. The van der Waals surface area contributed by atoms with Crippen LogP contribution in [-0.2, 0) is 14.9 Å². The molecule has 0 saturated heterocycles. The highest BCUT2D eigenvalue weighted by Gasteiger charge is 2.51. The molecule has 2 aliphatic rings. The van der Waals surface area contributed by atoms with Gasteiger partial charge in [-0.1, -0.05) is 30.4 Å². The van der Waals surface area contributed by atoms with Crippen LogP contribution >= 0.6 is 0 Å². The molecule has 0 spiro atoms. The molecule has 0 N–H and O–H groups in total. The van der Waals surface area contributed by atoms with E-state index in [0.717, 1.165) is 22.6 Å². The van der Waals surface area contributed by atoms with Crippen LogP contribution in [0.25, 0.3) is 0 Å². The smallest absolute Gasteiger partial charge is 0.313 e. The summed E-state index contributed by atoms with van der Waals surface area (Å²) in [5.74, 6) is 1.10. The van der Waals surface area contributed by atoms with Gasteiger partial charge in [-0.3, -0.25) is 4.79 Å². The zero-order valence-electron chi connectivity index (χ0n) is 11.3. The van der Waals surface area contributed by atoms with Gasteiger partial charge in [-0.05, 0) is 25.5 Å². The molecule has 3 heteroatoms. The number of allylic oxidation sites excluding steroid dienone is 3. The fourth-order valence-electron chi connectivity index (χ4n) is 3.07. The lowest BCUT2D eigenvalue weighted by Crippen LogP contribution is -2.39. The molecule has 3 rings (SSSR count). The molecule has 1 aromatic carbocycles. The minimum atomic E-state index is -0.470. The van der Waals surface area contributed by atoms with Crippen LogP contribution in [0.4, 0.5) is 0 Å². The van der Waals surface area contributed by atoms with Gasteiger partial charge in [0.1, 0.15) is 11.5 Å². The Bertz CT molecular complexity index is 612. The van der Waals surface area contributed by atoms with E-state index in [2.05, 4.69) is 0 Å². The fraction of sp³-hybridized carbons (Fsp3) is 0.312. The number of carbonyl (C=O) groups is 1. The van der Waals surface area contributed by atoms with Crippen LogP contribution in [0.1, 0.15) is 19.4 Å². The van der Waals surface area contributed by atoms with Crippen LogP contribution < -0.4 is 4.74 Å². The first-order valence-corrected chi connectivity index (χ1v) is 6.33.